The highest BCUT2D eigenvalue weighted by Gasteiger charge is 2.50. The van der Waals surface area contributed by atoms with Crippen molar-refractivity contribution in [1.29, 1.82) is 0 Å². The summed E-state index contributed by atoms with van der Waals surface area (Å²) >= 11 is 0. The largest absolute Gasteiger partial charge is 0.325 e. The number of rotatable bonds is 2. The van der Waals surface area contributed by atoms with E-state index in [0.29, 0.717) is 6.54 Å². The molecule has 6 heteroatoms. The van der Waals surface area contributed by atoms with E-state index in [0.717, 1.165) is 5.69 Å². The van der Waals surface area contributed by atoms with Gasteiger partial charge in [0.15, 0.2) is 0 Å². The van der Waals surface area contributed by atoms with Gasteiger partial charge in [0.25, 0.3) is 5.91 Å². The van der Waals surface area contributed by atoms with Gasteiger partial charge in [-0.05, 0) is 26.0 Å². The first kappa shape index (κ1) is 13.6. The van der Waals surface area contributed by atoms with Crippen LogP contribution in [0.4, 0.5) is 10.5 Å². The minimum atomic E-state index is -0.902. The van der Waals surface area contributed by atoms with E-state index in [1.807, 2.05) is 30.3 Å². The Bertz CT molecular complexity index is 612. The second kappa shape index (κ2) is 4.58. The number of hydrogen-bond acceptors (Lipinski definition) is 3. The third kappa shape index (κ3) is 2.16. The lowest BCUT2D eigenvalue weighted by Crippen LogP contribution is -2.44. The summed E-state index contributed by atoms with van der Waals surface area (Å²) in [6.07, 6.45) is 0.171. The van der Waals surface area contributed by atoms with Crippen LogP contribution in [-0.4, -0.2) is 40.9 Å². The lowest BCUT2D eigenvalue weighted by Gasteiger charge is -2.22. The van der Waals surface area contributed by atoms with Crippen LogP contribution in [0.5, 0.6) is 0 Å². The number of nitrogens with one attached hydrogen (secondary N) is 1. The van der Waals surface area contributed by atoms with Crippen molar-refractivity contribution in [3.8, 4) is 0 Å². The van der Waals surface area contributed by atoms with Crippen LogP contribution in [0.25, 0.3) is 0 Å². The summed E-state index contributed by atoms with van der Waals surface area (Å²) in [6.45, 7) is 3.68. The third-order valence-electron chi connectivity index (χ3n) is 3.93. The second-order valence-corrected chi connectivity index (χ2v) is 5.93. The fourth-order valence-electron chi connectivity index (χ4n) is 2.83. The number of para-hydroxylation sites is 1. The van der Waals surface area contributed by atoms with Crippen LogP contribution >= 0.6 is 0 Å². The maximum absolute atomic E-state index is 12.3. The number of urea groups is 1. The molecule has 4 amide bonds. The van der Waals surface area contributed by atoms with Crippen molar-refractivity contribution in [2.75, 3.05) is 11.4 Å². The number of carbonyl (C=O) groups is 3. The summed E-state index contributed by atoms with van der Waals surface area (Å²) in [5.74, 6) is -0.350. The van der Waals surface area contributed by atoms with Crippen molar-refractivity contribution >= 4 is 23.5 Å². The van der Waals surface area contributed by atoms with Gasteiger partial charge in [-0.1, -0.05) is 18.2 Å². The first-order valence-corrected chi connectivity index (χ1v) is 6.91. The lowest BCUT2D eigenvalue weighted by molar-refractivity contribution is -0.131. The summed E-state index contributed by atoms with van der Waals surface area (Å²) < 4.78 is 0. The van der Waals surface area contributed by atoms with Crippen molar-refractivity contribution in [3.05, 3.63) is 30.3 Å². The Hall–Kier alpha value is -2.37. The average molecular weight is 287 g/mol. The molecule has 0 unspecified atom stereocenters. The fourth-order valence-corrected chi connectivity index (χ4v) is 2.83. The van der Waals surface area contributed by atoms with Gasteiger partial charge in [0.05, 0.1) is 6.04 Å². The lowest BCUT2D eigenvalue weighted by atomic mass is 10.1. The van der Waals surface area contributed by atoms with E-state index in [1.165, 1.54) is 4.90 Å². The molecule has 21 heavy (non-hydrogen) atoms. The maximum atomic E-state index is 12.3. The van der Waals surface area contributed by atoms with E-state index in [-0.39, 0.29) is 18.2 Å². The molecule has 0 aromatic heterocycles. The van der Waals surface area contributed by atoms with Crippen molar-refractivity contribution in [3.63, 3.8) is 0 Å². The van der Waals surface area contributed by atoms with Gasteiger partial charge >= 0.3 is 6.03 Å². The average Bonchev–Trinajstić information content (AvgIpc) is 2.89. The van der Waals surface area contributed by atoms with Gasteiger partial charge < -0.3 is 10.2 Å². The molecule has 0 bridgehead atoms. The molecular weight excluding hydrogens is 270 g/mol. The Morgan fingerprint density at radius 2 is 1.81 bits per heavy atom. The smallest absolute Gasteiger partial charge is 0.324 e. The van der Waals surface area contributed by atoms with Gasteiger partial charge in [0.1, 0.15) is 5.54 Å². The van der Waals surface area contributed by atoms with Crippen LogP contribution in [0.15, 0.2) is 30.3 Å². The van der Waals surface area contributed by atoms with Gasteiger partial charge in [-0.2, -0.15) is 0 Å². The SMILES string of the molecule is CC1(C)NC(=O)N([C@H]2CC(=O)N(c3ccccc3)C2)C1=O. The number of imide groups is 1. The van der Waals surface area contributed by atoms with Crippen molar-refractivity contribution < 1.29 is 14.4 Å². The number of anilines is 1. The normalized spacial score (nSPS) is 24.7. The van der Waals surface area contributed by atoms with Gasteiger partial charge in [0, 0.05) is 18.7 Å². The quantitative estimate of drug-likeness (QED) is 0.829. The number of hydrogen-bond donors (Lipinski definition) is 1. The van der Waals surface area contributed by atoms with Crippen LogP contribution in [0.1, 0.15) is 20.3 Å². The van der Waals surface area contributed by atoms with E-state index in [2.05, 4.69) is 5.32 Å². The van der Waals surface area contributed by atoms with Crippen LogP contribution in [-0.2, 0) is 9.59 Å². The molecule has 1 aromatic carbocycles. The number of benzene rings is 1. The molecule has 2 aliphatic heterocycles. The predicted octanol–water partition coefficient (Wildman–Crippen LogP) is 1.12. The van der Waals surface area contributed by atoms with Crippen LogP contribution in [0, 0.1) is 0 Å². The van der Waals surface area contributed by atoms with E-state index in [9.17, 15) is 14.4 Å². The minimum Gasteiger partial charge on any atom is -0.324 e. The molecule has 0 aliphatic carbocycles. The summed E-state index contributed by atoms with van der Waals surface area (Å²) in [5, 5.41) is 2.65. The molecule has 1 N–H and O–H groups in total. The third-order valence-corrected chi connectivity index (χ3v) is 3.93. The fraction of sp³-hybridized carbons (Fsp3) is 0.400. The standard InChI is InChI=1S/C15H17N3O3/c1-15(2)13(20)18(14(21)16-15)11-8-12(19)17(9-11)10-6-4-3-5-7-10/h3-7,11H,8-9H2,1-2H3,(H,16,21)/t11-/m0/s1. The molecule has 2 aliphatic rings. The molecule has 110 valence electrons. The summed E-state index contributed by atoms with van der Waals surface area (Å²) in [5.41, 5.74) is -0.114. The van der Waals surface area contributed by atoms with Crippen molar-refractivity contribution in [1.82, 2.24) is 10.2 Å². The molecule has 6 nitrogen and oxygen atoms in total. The molecular formula is C15H17N3O3. The Balaban J connectivity index is 1.82. The molecule has 2 heterocycles. The Morgan fingerprint density at radius 1 is 1.14 bits per heavy atom. The number of nitrogens with zero attached hydrogens (tertiary/aromatic N) is 2. The van der Waals surface area contributed by atoms with Gasteiger partial charge in [-0.3, -0.25) is 14.5 Å². The Kier molecular flexibility index (Phi) is 2.97. The molecule has 3 rings (SSSR count). The monoisotopic (exact) mass is 287 g/mol. The van der Waals surface area contributed by atoms with Gasteiger partial charge in [0.2, 0.25) is 5.91 Å². The summed E-state index contributed by atoms with van der Waals surface area (Å²) in [7, 11) is 0. The van der Waals surface area contributed by atoms with E-state index in [4.69, 9.17) is 0 Å². The first-order valence-electron chi connectivity index (χ1n) is 6.91. The van der Waals surface area contributed by atoms with Crippen molar-refractivity contribution in [2.45, 2.75) is 31.8 Å². The maximum Gasteiger partial charge on any atom is 0.325 e. The predicted molar refractivity (Wildman–Crippen MR) is 76.7 cm³/mol. The zero-order chi connectivity index (χ0) is 15.2. The topological polar surface area (TPSA) is 69.7 Å². The molecule has 1 atom stereocenters. The highest BCUT2D eigenvalue weighted by atomic mass is 16.2. The molecule has 2 fully saturated rings. The number of carbonyl (C=O) groups excluding carboxylic acids is 3. The van der Waals surface area contributed by atoms with Crippen LogP contribution < -0.4 is 10.2 Å². The van der Waals surface area contributed by atoms with Crippen LogP contribution in [0.2, 0.25) is 0 Å². The van der Waals surface area contributed by atoms with E-state index in [1.54, 1.807) is 18.7 Å². The molecule has 2 saturated heterocycles. The molecule has 0 spiro atoms. The number of amides is 4. The first-order chi connectivity index (χ1) is 9.90. The highest BCUT2D eigenvalue weighted by Crippen LogP contribution is 2.28. The minimum absolute atomic E-state index is 0.0727. The van der Waals surface area contributed by atoms with Gasteiger partial charge in [-0.15, -0.1) is 0 Å². The summed E-state index contributed by atoms with van der Waals surface area (Å²) in [6, 6.07) is 8.44. The highest BCUT2D eigenvalue weighted by molar-refractivity contribution is 6.08. The second-order valence-electron chi connectivity index (χ2n) is 5.93. The molecule has 1 aromatic rings. The molecule has 0 saturated carbocycles. The van der Waals surface area contributed by atoms with Gasteiger partial charge in [-0.25, -0.2) is 4.79 Å². The van der Waals surface area contributed by atoms with E-state index < -0.39 is 17.6 Å². The zero-order valence-corrected chi connectivity index (χ0v) is 12.0. The summed E-state index contributed by atoms with van der Waals surface area (Å²) in [4.78, 5) is 39.3. The Labute approximate surface area is 122 Å². The zero-order valence-electron chi connectivity index (χ0n) is 12.0. The van der Waals surface area contributed by atoms with Crippen LogP contribution in [0.3, 0.4) is 0 Å². The van der Waals surface area contributed by atoms with E-state index >= 15 is 0 Å². The van der Waals surface area contributed by atoms with Crippen molar-refractivity contribution in [2.24, 2.45) is 0 Å². The Morgan fingerprint density at radius 3 is 2.38 bits per heavy atom. The molecule has 0 radical (unpaired) electrons.